The van der Waals surface area contributed by atoms with Gasteiger partial charge < -0.3 is 4.74 Å². The van der Waals surface area contributed by atoms with Gasteiger partial charge >= 0.3 is 0 Å². The van der Waals surface area contributed by atoms with Crippen molar-refractivity contribution in [3.63, 3.8) is 0 Å². The van der Waals surface area contributed by atoms with Crippen LogP contribution in [0.1, 0.15) is 82.6 Å². The molecule has 3 aliphatic rings. The molecule has 0 aromatic heterocycles. The Kier molecular flexibility index (Phi) is 7.33. The highest BCUT2D eigenvalue weighted by Gasteiger charge is 2.39. The summed E-state index contributed by atoms with van der Waals surface area (Å²) in [6, 6.07) is 5.61. The summed E-state index contributed by atoms with van der Waals surface area (Å²) in [4.78, 5) is 0. The molecule has 0 saturated heterocycles. The minimum Gasteiger partial charge on any atom is -0.486 e. The first-order valence-corrected chi connectivity index (χ1v) is 12.3. The molecule has 164 valence electrons. The molecule has 1 aromatic carbocycles. The van der Waals surface area contributed by atoms with Gasteiger partial charge in [0.15, 0.2) is 11.6 Å². The SMILES string of the molecule is C=CCOc1ccc(C2CCC3CC(C4CCC(/C=C/C)CC4)CCC3C2)cc1F. The number of allylic oxidation sites excluding steroid dienone is 2. The maximum Gasteiger partial charge on any atom is 0.165 e. The molecule has 0 radical (unpaired) electrons. The Morgan fingerprint density at radius 3 is 2.30 bits per heavy atom. The Bertz CT molecular complexity index is 730. The van der Waals surface area contributed by atoms with Gasteiger partial charge in [-0.1, -0.05) is 30.9 Å². The fraction of sp³-hybridized carbons (Fsp3) is 0.643. The molecule has 0 amide bonds. The van der Waals surface area contributed by atoms with Gasteiger partial charge in [0, 0.05) is 0 Å². The van der Waals surface area contributed by atoms with Crippen LogP contribution >= 0.6 is 0 Å². The van der Waals surface area contributed by atoms with Crippen LogP contribution in [0.15, 0.2) is 43.0 Å². The van der Waals surface area contributed by atoms with Crippen molar-refractivity contribution in [2.45, 2.75) is 77.0 Å². The van der Waals surface area contributed by atoms with Crippen molar-refractivity contribution in [3.05, 3.63) is 54.4 Å². The van der Waals surface area contributed by atoms with Crippen LogP contribution in [0.25, 0.3) is 0 Å². The monoisotopic (exact) mass is 410 g/mol. The Morgan fingerprint density at radius 1 is 0.933 bits per heavy atom. The van der Waals surface area contributed by atoms with E-state index >= 15 is 0 Å². The molecule has 4 atom stereocenters. The van der Waals surface area contributed by atoms with Crippen molar-refractivity contribution in [2.75, 3.05) is 6.61 Å². The molecular weight excluding hydrogens is 371 g/mol. The summed E-state index contributed by atoms with van der Waals surface area (Å²) in [5.74, 6) is 5.17. The molecule has 3 fully saturated rings. The standard InChI is InChI=1S/C28H39FO/c1-3-5-20-6-8-21(9-7-20)22-10-11-24-18-25(13-12-23(24)17-22)26-14-15-28(27(29)19-26)30-16-4-2/h3-5,14-15,19-25H,2,6-13,16-18H2,1H3/b5-3+. The van der Waals surface area contributed by atoms with Gasteiger partial charge in [-0.3, -0.25) is 0 Å². The fourth-order valence-corrected chi connectivity index (χ4v) is 6.77. The summed E-state index contributed by atoms with van der Waals surface area (Å²) < 4.78 is 19.8. The third kappa shape index (κ3) is 5.01. The third-order valence-electron chi connectivity index (χ3n) is 8.39. The van der Waals surface area contributed by atoms with E-state index in [0.29, 0.717) is 18.3 Å². The van der Waals surface area contributed by atoms with E-state index in [9.17, 15) is 4.39 Å². The van der Waals surface area contributed by atoms with Crippen LogP contribution < -0.4 is 4.74 Å². The van der Waals surface area contributed by atoms with Crippen LogP contribution in [0.3, 0.4) is 0 Å². The van der Waals surface area contributed by atoms with Gasteiger partial charge in [-0.05, 0) is 124 Å². The third-order valence-corrected chi connectivity index (χ3v) is 8.39. The van der Waals surface area contributed by atoms with Crippen molar-refractivity contribution in [1.29, 1.82) is 0 Å². The molecule has 2 heteroatoms. The van der Waals surface area contributed by atoms with Crippen molar-refractivity contribution in [1.82, 2.24) is 0 Å². The summed E-state index contributed by atoms with van der Waals surface area (Å²) >= 11 is 0. The predicted molar refractivity (Wildman–Crippen MR) is 123 cm³/mol. The zero-order chi connectivity index (χ0) is 20.9. The highest BCUT2D eigenvalue weighted by molar-refractivity contribution is 5.32. The number of rotatable bonds is 6. The fourth-order valence-electron chi connectivity index (χ4n) is 6.77. The van der Waals surface area contributed by atoms with Crippen molar-refractivity contribution < 1.29 is 9.13 Å². The average Bonchev–Trinajstić information content (AvgIpc) is 2.78. The lowest BCUT2D eigenvalue weighted by molar-refractivity contribution is 0.0747. The molecule has 4 unspecified atom stereocenters. The first-order valence-electron chi connectivity index (χ1n) is 12.3. The summed E-state index contributed by atoms with van der Waals surface area (Å²) in [5.41, 5.74) is 1.17. The lowest BCUT2D eigenvalue weighted by Crippen LogP contribution is -2.34. The maximum absolute atomic E-state index is 14.4. The average molecular weight is 411 g/mol. The molecule has 0 N–H and O–H groups in total. The lowest BCUT2D eigenvalue weighted by atomic mass is 9.60. The zero-order valence-corrected chi connectivity index (χ0v) is 18.7. The predicted octanol–water partition coefficient (Wildman–Crippen LogP) is 8.07. The van der Waals surface area contributed by atoms with Crippen LogP contribution in [0.2, 0.25) is 0 Å². The first-order chi connectivity index (χ1) is 14.7. The van der Waals surface area contributed by atoms with E-state index < -0.39 is 0 Å². The van der Waals surface area contributed by atoms with Crippen molar-refractivity contribution in [3.8, 4) is 5.75 Å². The summed E-state index contributed by atoms with van der Waals surface area (Å²) in [6.45, 7) is 6.14. The Labute approximate surface area is 182 Å². The number of fused-ring (bicyclic) bond motifs is 1. The molecule has 1 aromatic rings. The van der Waals surface area contributed by atoms with Gasteiger partial charge in [-0.25, -0.2) is 4.39 Å². The second kappa shape index (κ2) is 10.2. The van der Waals surface area contributed by atoms with Crippen LogP contribution in [0, 0.1) is 35.4 Å². The number of benzene rings is 1. The Morgan fingerprint density at radius 2 is 1.60 bits per heavy atom. The summed E-state index contributed by atoms with van der Waals surface area (Å²) in [5, 5.41) is 0. The minimum absolute atomic E-state index is 0.228. The van der Waals surface area contributed by atoms with E-state index in [1.807, 2.05) is 0 Å². The molecule has 30 heavy (non-hydrogen) atoms. The highest BCUT2D eigenvalue weighted by atomic mass is 19.1. The maximum atomic E-state index is 14.4. The van der Waals surface area contributed by atoms with Crippen molar-refractivity contribution in [2.24, 2.45) is 29.6 Å². The van der Waals surface area contributed by atoms with Gasteiger partial charge in [-0.2, -0.15) is 0 Å². The van der Waals surface area contributed by atoms with E-state index in [1.165, 1.54) is 69.8 Å². The number of hydrogen-bond donors (Lipinski definition) is 0. The topological polar surface area (TPSA) is 9.23 Å². The molecule has 3 saturated carbocycles. The van der Waals surface area contributed by atoms with Crippen LogP contribution in [0.4, 0.5) is 4.39 Å². The second-order valence-electron chi connectivity index (χ2n) is 10.1. The molecule has 1 nitrogen and oxygen atoms in total. The molecule has 4 rings (SSSR count). The molecule has 0 heterocycles. The number of hydrogen-bond acceptors (Lipinski definition) is 1. The summed E-state index contributed by atoms with van der Waals surface area (Å²) in [7, 11) is 0. The molecule has 0 aliphatic heterocycles. The van der Waals surface area contributed by atoms with Crippen molar-refractivity contribution >= 4 is 0 Å². The minimum atomic E-state index is -0.228. The number of halogens is 1. The molecule has 0 spiro atoms. The van der Waals surface area contributed by atoms with Gasteiger partial charge in [-0.15, -0.1) is 0 Å². The van der Waals surface area contributed by atoms with E-state index in [0.717, 1.165) is 29.6 Å². The van der Waals surface area contributed by atoms with Gasteiger partial charge in [0.1, 0.15) is 6.61 Å². The molecular formula is C28H39FO. The lowest BCUT2D eigenvalue weighted by Gasteiger charge is -2.45. The van der Waals surface area contributed by atoms with Crippen LogP contribution in [-0.2, 0) is 0 Å². The Hall–Kier alpha value is -1.57. The highest BCUT2D eigenvalue weighted by Crippen LogP contribution is 2.51. The number of ether oxygens (including phenoxy) is 1. The van der Waals surface area contributed by atoms with Gasteiger partial charge in [0.2, 0.25) is 0 Å². The second-order valence-corrected chi connectivity index (χ2v) is 10.1. The largest absolute Gasteiger partial charge is 0.486 e. The Balaban J connectivity index is 1.30. The van der Waals surface area contributed by atoms with E-state index in [1.54, 1.807) is 18.2 Å². The summed E-state index contributed by atoms with van der Waals surface area (Å²) in [6.07, 6.45) is 20.1. The zero-order valence-electron chi connectivity index (χ0n) is 18.7. The van der Waals surface area contributed by atoms with E-state index in [-0.39, 0.29) is 5.82 Å². The quantitative estimate of drug-likeness (QED) is 0.431. The van der Waals surface area contributed by atoms with Crippen LogP contribution in [0.5, 0.6) is 5.75 Å². The normalized spacial score (nSPS) is 34.5. The van der Waals surface area contributed by atoms with Gasteiger partial charge in [0.05, 0.1) is 0 Å². The molecule has 0 bridgehead atoms. The van der Waals surface area contributed by atoms with E-state index in [2.05, 4.69) is 31.7 Å². The first kappa shape index (κ1) is 21.7. The smallest absolute Gasteiger partial charge is 0.165 e. The van der Waals surface area contributed by atoms with Crippen LogP contribution in [-0.4, -0.2) is 6.61 Å². The van der Waals surface area contributed by atoms with Gasteiger partial charge in [0.25, 0.3) is 0 Å². The molecule has 3 aliphatic carbocycles. The van der Waals surface area contributed by atoms with E-state index in [4.69, 9.17) is 4.74 Å².